The SMILES string of the molecule is CC(C)OC(=O)[C@H](C)NP(=O)(OC[C@@]12CO[C@@H](C(n3cnc4c(N)ncnc43)O1)[C@@H]2O)Oc1ccccc1. The first-order chi connectivity index (χ1) is 18.1. The molecule has 0 radical (unpaired) electrons. The van der Waals surface area contributed by atoms with Gasteiger partial charge in [-0.05, 0) is 32.9 Å². The summed E-state index contributed by atoms with van der Waals surface area (Å²) in [6, 6.07) is 7.33. The molecule has 2 unspecified atom stereocenters. The lowest BCUT2D eigenvalue weighted by atomic mass is 10.0. The molecule has 0 spiro atoms. The number of ether oxygens (including phenoxy) is 3. The van der Waals surface area contributed by atoms with E-state index in [4.69, 9.17) is 29.0 Å². The number of anilines is 1. The highest BCUT2D eigenvalue weighted by Gasteiger charge is 2.63. The maximum absolute atomic E-state index is 13.9. The Labute approximate surface area is 218 Å². The maximum Gasteiger partial charge on any atom is 0.459 e. The van der Waals surface area contributed by atoms with Crippen molar-refractivity contribution in [2.24, 2.45) is 0 Å². The van der Waals surface area contributed by atoms with E-state index in [-0.39, 0.29) is 30.9 Å². The largest absolute Gasteiger partial charge is 0.462 e. The molecule has 2 saturated heterocycles. The zero-order valence-electron chi connectivity index (χ0n) is 21.0. The Morgan fingerprint density at radius 2 is 2.05 bits per heavy atom. The molecule has 0 saturated carbocycles. The van der Waals surface area contributed by atoms with Crippen LogP contribution in [-0.2, 0) is 28.1 Å². The number of nitrogens with one attached hydrogen (secondary N) is 1. The van der Waals surface area contributed by atoms with Gasteiger partial charge >= 0.3 is 13.7 Å². The molecule has 2 aliphatic heterocycles. The van der Waals surface area contributed by atoms with Crippen molar-refractivity contribution in [3.8, 4) is 5.75 Å². The summed E-state index contributed by atoms with van der Waals surface area (Å²) in [7, 11) is -4.19. The molecule has 3 aromatic rings. The van der Waals surface area contributed by atoms with E-state index >= 15 is 0 Å². The Balaban J connectivity index is 1.36. The molecule has 38 heavy (non-hydrogen) atoms. The number of imidazole rings is 1. The molecule has 6 atom stereocenters. The summed E-state index contributed by atoms with van der Waals surface area (Å²) < 4.78 is 44.2. The van der Waals surface area contributed by atoms with Gasteiger partial charge in [0, 0.05) is 0 Å². The molecule has 2 aliphatic rings. The van der Waals surface area contributed by atoms with Gasteiger partial charge in [0.1, 0.15) is 41.4 Å². The monoisotopic (exact) mass is 548 g/mol. The van der Waals surface area contributed by atoms with Crippen LogP contribution in [0.4, 0.5) is 5.82 Å². The van der Waals surface area contributed by atoms with Crippen molar-refractivity contribution in [2.45, 2.75) is 57.0 Å². The molecule has 2 aromatic heterocycles. The first kappa shape index (κ1) is 26.5. The lowest BCUT2D eigenvalue weighted by molar-refractivity contribution is -0.183. The molecule has 2 fully saturated rings. The van der Waals surface area contributed by atoms with Crippen molar-refractivity contribution >= 4 is 30.7 Å². The molecule has 5 rings (SSSR count). The van der Waals surface area contributed by atoms with Crippen LogP contribution < -0.4 is 15.3 Å². The van der Waals surface area contributed by atoms with E-state index in [9.17, 15) is 14.5 Å². The summed E-state index contributed by atoms with van der Waals surface area (Å²) in [4.78, 5) is 24.8. The quantitative estimate of drug-likeness (QED) is 0.245. The number of hydrogen-bond donors (Lipinski definition) is 3. The number of aromatic nitrogens is 4. The van der Waals surface area contributed by atoms with Crippen LogP contribution in [0.25, 0.3) is 11.2 Å². The molecule has 2 bridgehead atoms. The molecular weight excluding hydrogens is 519 g/mol. The van der Waals surface area contributed by atoms with E-state index in [2.05, 4.69) is 20.0 Å². The molecule has 0 aliphatic carbocycles. The highest BCUT2D eigenvalue weighted by molar-refractivity contribution is 7.52. The second kappa shape index (κ2) is 10.2. The van der Waals surface area contributed by atoms with Crippen LogP contribution in [0.1, 0.15) is 27.0 Å². The summed E-state index contributed by atoms with van der Waals surface area (Å²) in [6.07, 6.45) is -0.338. The third-order valence-electron chi connectivity index (χ3n) is 6.17. The fourth-order valence-corrected chi connectivity index (χ4v) is 5.87. The third-order valence-corrected chi connectivity index (χ3v) is 7.80. The minimum Gasteiger partial charge on any atom is -0.462 e. The fraction of sp³-hybridized carbons (Fsp3) is 0.478. The van der Waals surface area contributed by atoms with E-state index in [0.717, 1.165) is 0 Å². The summed E-state index contributed by atoms with van der Waals surface area (Å²) in [5.41, 5.74) is 5.29. The van der Waals surface area contributed by atoms with Crippen molar-refractivity contribution in [3.05, 3.63) is 43.0 Å². The Kier molecular flexibility index (Phi) is 7.11. The number of nitrogen functional groups attached to an aromatic ring is 1. The third kappa shape index (κ3) is 4.98. The van der Waals surface area contributed by atoms with Crippen molar-refractivity contribution in [3.63, 3.8) is 0 Å². The van der Waals surface area contributed by atoms with Crippen LogP contribution in [0.2, 0.25) is 0 Å². The van der Waals surface area contributed by atoms with E-state index in [1.165, 1.54) is 19.6 Å². The van der Waals surface area contributed by atoms with Gasteiger partial charge in [-0.2, -0.15) is 5.09 Å². The van der Waals surface area contributed by atoms with Crippen molar-refractivity contribution in [1.29, 1.82) is 0 Å². The molecule has 204 valence electrons. The predicted molar refractivity (Wildman–Crippen MR) is 133 cm³/mol. The molecule has 4 heterocycles. The van der Waals surface area contributed by atoms with Crippen molar-refractivity contribution in [2.75, 3.05) is 18.9 Å². The number of aliphatic hydroxyl groups excluding tert-OH is 1. The number of esters is 1. The van der Waals surface area contributed by atoms with Crippen LogP contribution in [0, 0.1) is 0 Å². The lowest BCUT2D eigenvalue weighted by Crippen LogP contribution is -2.46. The number of benzene rings is 1. The van der Waals surface area contributed by atoms with Gasteiger partial charge in [0.25, 0.3) is 0 Å². The van der Waals surface area contributed by atoms with Crippen LogP contribution in [0.15, 0.2) is 43.0 Å². The summed E-state index contributed by atoms with van der Waals surface area (Å²) in [5.74, 6) is -0.182. The number of hydrogen-bond acceptors (Lipinski definition) is 12. The first-order valence-electron chi connectivity index (χ1n) is 12.0. The first-order valence-corrected chi connectivity index (χ1v) is 13.5. The van der Waals surface area contributed by atoms with E-state index in [1.807, 2.05) is 0 Å². The van der Waals surface area contributed by atoms with Crippen molar-refractivity contribution in [1.82, 2.24) is 24.6 Å². The lowest BCUT2D eigenvalue weighted by Gasteiger charge is -2.32. The number of nitrogens with two attached hydrogens (primary N) is 1. The van der Waals surface area contributed by atoms with Gasteiger partial charge in [-0.25, -0.2) is 19.5 Å². The minimum atomic E-state index is -4.19. The van der Waals surface area contributed by atoms with Gasteiger partial charge in [-0.15, -0.1) is 0 Å². The topological polar surface area (TPSA) is 182 Å². The number of nitrogens with zero attached hydrogens (tertiary/aromatic N) is 4. The molecular formula is C23H29N6O8P. The maximum atomic E-state index is 13.9. The second-order valence-electron chi connectivity index (χ2n) is 9.39. The molecule has 15 heteroatoms. The summed E-state index contributed by atoms with van der Waals surface area (Å²) >= 11 is 0. The predicted octanol–water partition coefficient (Wildman–Crippen LogP) is 1.57. The summed E-state index contributed by atoms with van der Waals surface area (Å²) in [5, 5.41) is 13.7. The Morgan fingerprint density at radius 1 is 1.29 bits per heavy atom. The van der Waals surface area contributed by atoms with Gasteiger partial charge in [-0.1, -0.05) is 18.2 Å². The van der Waals surface area contributed by atoms with Gasteiger partial charge in [-0.3, -0.25) is 13.9 Å². The number of aliphatic hydroxyl groups is 1. The van der Waals surface area contributed by atoms with Crippen LogP contribution in [0.5, 0.6) is 5.75 Å². The number of carbonyl (C=O) groups excluding carboxylic acids is 1. The van der Waals surface area contributed by atoms with Crippen molar-refractivity contribution < 1.29 is 37.7 Å². The number of para-hydroxylation sites is 1. The molecule has 14 nitrogen and oxygen atoms in total. The zero-order chi connectivity index (χ0) is 27.1. The van der Waals surface area contributed by atoms with Gasteiger partial charge in [0.15, 0.2) is 17.7 Å². The highest BCUT2D eigenvalue weighted by Crippen LogP contribution is 2.50. The number of carbonyl (C=O) groups is 1. The number of rotatable bonds is 10. The molecule has 0 amide bonds. The fourth-order valence-electron chi connectivity index (χ4n) is 4.32. The van der Waals surface area contributed by atoms with Crippen LogP contribution in [-0.4, -0.2) is 73.8 Å². The zero-order valence-corrected chi connectivity index (χ0v) is 21.9. The van der Waals surface area contributed by atoms with E-state index < -0.39 is 43.8 Å². The van der Waals surface area contributed by atoms with Crippen LogP contribution >= 0.6 is 7.75 Å². The summed E-state index contributed by atoms with van der Waals surface area (Å²) in [6.45, 7) is 4.48. The smallest absolute Gasteiger partial charge is 0.459 e. The average Bonchev–Trinajstić information content (AvgIpc) is 3.53. The minimum absolute atomic E-state index is 0.0324. The number of fused-ring (bicyclic) bond motifs is 3. The normalized spacial score (nSPS) is 26.9. The van der Waals surface area contributed by atoms with Gasteiger partial charge in [0.2, 0.25) is 0 Å². The highest BCUT2D eigenvalue weighted by atomic mass is 31.2. The van der Waals surface area contributed by atoms with Gasteiger partial charge < -0.3 is 29.6 Å². The van der Waals surface area contributed by atoms with Gasteiger partial charge in [0.05, 0.1) is 25.6 Å². The molecule has 1 aromatic carbocycles. The standard InChI is InChI=1S/C23H29N6O8P/c1-13(2)35-22(31)14(3)28-38(32,37-15-7-5-4-6-8-15)34-10-23-9-33-17(18(23)30)21(36-23)29-12-27-16-19(24)25-11-26-20(16)29/h4-8,11-14,17-18,21,30H,9-10H2,1-3H3,(H,28,32)(H2,24,25,26)/t14-,17+,18-,21?,23+,38?/m0/s1. The van der Waals surface area contributed by atoms with Crippen LogP contribution in [0.3, 0.4) is 0 Å². The molecule has 4 N–H and O–H groups in total. The van der Waals surface area contributed by atoms with E-state index in [0.29, 0.717) is 11.2 Å². The Bertz CT molecular complexity index is 1360. The Hall–Kier alpha value is -3.13. The second-order valence-corrected chi connectivity index (χ2v) is 11.1. The van der Waals surface area contributed by atoms with E-state index in [1.54, 1.807) is 48.7 Å². The average molecular weight is 548 g/mol. The Morgan fingerprint density at radius 3 is 2.79 bits per heavy atom.